The number of hydrogen-bond acceptors (Lipinski definition) is 5. The van der Waals surface area contributed by atoms with E-state index in [9.17, 15) is 4.79 Å². The summed E-state index contributed by atoms with van der Waals surface area (Å²) in [4.78, 5) is 13.5. The van der Waals surface area contributed by atoms with E-state index in [0.29, 0.717) is 17.5 Å². The fourth-order valence-electron chi connectivity index (χ4n) is 3.95. The van der Waals surface area contributed by atoms with Crippen molar-refractivity contribution in [3.63, 3.8) is 0 Å². The number of hydrogen-bond donors (Lipinski definition) is 1. The van der Waals surface area contributed by atoms with Crippen LogP contribution in [0.3, 0.4) is 0 Å². The van der Waals surface area contributed by atoms with E-state index in [-0.39, 0.29) is 5.91 Å². The Kier molecular flexibility index (Phi) is 7.33. The Bertz CT molecular complexity index is 1270. The maximum Gasteiger partial charge on any atom is 0.242 e. The van der Waals surface area contributed by atoms with E-state index in [2.05, 4.69) is 21.6 Å². The molecule has 0 aliphatic carbocycles. The fraction of sp³-hybridized carbons (Fsp3) is 0.222. The summed E-state index contributed by atoms with van der Waals surface area (Å²) < 4.78 is 7.55. The van der Waals surface area contributed by atoms with E-state index in [0.717, 1.165) is 33.7 Å². The highest BCUT2D eigenvalue weighted by Gasteiger charge is 2.26. The third kappa shape index (κ3) is 5.15. The van der Waals surface area contributed by atoms with Crippen molar-refractivity contribution in [1.29, 1.82) is 0 Å². The van der Waals surface area contributed by atoms with Crippen molar-refractivity contribution in [2.75, 3.05) is 12.4 Å². The molecule has 0 unspecified atom stereocenters. The van der Waals surface area contributed by atoms with Gasteiger partial charge in [-0.3, -0.25) is 4.79 Å². The average molecular weight is 473 g/mol. The first-order chi connectivity index (χ1) is 16.5. The van der Waals surface area contributed by atoms with Gasteiger partial charge in [0, 0.05) is 12.2 Å². The standard InChI is InChI=1S/C27H28N4O2S/c1-5-31-25(22-13-9-10-14-23(22)33-4)29-30-27(31)34-24(20-11-7-6-8-12-20)26(32)28-21-16-18(2)15-19(3)17-21/h6-17,24H,5H2,1-4H3,(H,28,32)/t24-/m1/s1. The predicted octanol–water partition coefficient (Wildman–Crippen LogP) is 6.06. The number of amides is 1. The van der Waals surface area contributed by atoms with Crippen molar-refractivity contribution in [1.82, 2.24) is 14.8 Å². The zero-order chi connectivity index (χ0) is 24.1. The van der Waals surface area contributed by atoms with Gasteiger partial charge in [-0.05, 0) is 61.7 Å². The molecule has 1 N–H and O–H groups in total. The second-order valence-corrected chi connectivity index (χ2v) is 9.10. The molecule has 3 aromatic carbocycles. The Morgan fingerprint density at radius 1 is 1.00 bits per heavy atom. The lowest BCUT2D eigenvalue weighted by atomic mass is 10.1. The lowest BCUT2D eigenvalue weighted by Gasteiger charge is -2.18. The van der Waals surface area contributed by atoms with Crippen LogP contribution in [0.15, 0.2) is 78.0 Å². The highest BCUT2D eigenvalue weighted by Crippen LogP contribution is 2.38. The minimum atomic E-state index is -0.498. The number of carbonyl (C=O) groups is 1. The SMILES string of the molecule is CCn1c(S[C@@H](C(=O)Nc2cc(C)cc(C)c2)c2ccccc2)nnc1-c1ccccc1OC. The van der Waals surface area contributed by atoms with Crippen LogP contribution in [0.4, 0.5) is 5.69 Å². The van der Waals surface area contributed by atoms with E-state index >= 15 is 0 Å². The molecule has 1 atom stereocenters. The van der Waals surface area contributed by atoms with Crippen molar-refractivity contribution in [2.24, 2.45) is 0 Å². The van der Waals surface area contributed by atoms with Crippen LogP contribution < -0.4 is 10.1 Å². The molecule has 0 saturated heterocycles. The van der Waals surface area contributed by atoms with Gasteiger partial charge in [0.25, 0.3) is 0 Å². The number of nitrogens with one attached hydrogen (secondary N) is 1. The molecule has 4 aromatic rings. The average Bonchev–Trinajstić information content (AvgIpc) is 3.24. The molecule has 6 nitrogen and oxygen atoms in total. The maximum atomic E-state index is 13.5. The molecular weight excluding hydrogens is 444 g/mol. The normalized spacial score (nSPS) is 11.8. The number of para-hydroxylation sites is 1. The summed E-state index contributed by atoms with van der Waals surface area (Å²) in [5, 5.41) is 12.2. The van der Waals surface area contributed by atoms with Gasteiger partial charge in [-0.2, -0.15) is 0 Å². The number of aryl methyl sites for hydroxylation is 2. The zero-order valence-corrected chi connectivity index (χ0v) is 20.6. The van der Waals surface area contributed by atoms with Crippen molar-refractivity contribution >= 4 is 23.4 Å². The molecule has 0 saturated carbocycles. The minimum absolute atomic E-state index is 0.106. The van der Waals surface area contributed by atoms with Crippen LogP contribution in [0.25, 0.3) is 11.4 Å². The molecule has 1 heterocycles. The number of nitrogens with zero attached hydrogens (tertiary/aromatic N) is 3. The largest absolute Gasteiger partial charge is 0.496 e. The van der Waals surface area contributed by atoms with E-state index in [4.69, 9.17) is 4.74 Å². The first-order valence-corrected chi connectivity index (χ1v) is 12.1. The van der Waals surface area contributed by atoms with Gasteiger partial charge in [0.2, 0.25) is 5.91 Å². The molecule has 1 aromatic heterocycles. The highest BCUT2D eigenvalue weighted by atomic mass is 32.2. The molecule has 1 amide bonds. The Labute approximate surface area is 204 Å². The first kappa shape index (κ1) is 23.6. The third-order valence-corrected chi connectivity index (χ3v) is 6.67. The quantitative estimate of drug-likeness (QED) is 0.316. The summed E-state index contributed by atoms with van der Waals surface area (Å²) in [7, 11) is 1.64. The van der Waals surface area contributed by atoms with Crippen molar-refractivity contribution in [3.05, 3.63) is 89.5 Å². The molecule has 7 heteroatoms. The monoisotopic (exact) mass is 472 g/mol. The summed E-state index contributed by atoms with van der Waals surface area (Å²) in [5.74, 6) is 1.34. The lowest BCUT2D eigenvalue weighted by Crippen LogP contribution is -2.19. The Morgan fingerprint density at radius 3 is 2.35 bits per heavy atom. The highest BCUT2D eigenvalue weighted by molar-refractivity contribution is 8.00. The summed E-state index contributed by atoms with van der Waals surface area (Å²) in [5.41, 5.74) is 4.76. The number of anilines is 1. The molecule has 0 aliphatic rings. The number of rotatable bonds is 8. The van der Waals surface area contributed by atoms with Crippen molar-refractivity contribution in [3.8, 4) is 17.1 Å². The van der Waals surface area contributed by atoms with E-state index in [1.807, 2.05) is 92.1 Å². The van der Waals surface area contributed by atoms with Gasteiger partial charge in [-0.25, -0.2) is 0 Å². The topological polar surface area (TPSA) is 69.0 Å². The molecular formula is C27H28N4O2S. The number of methoxy groups -OCH3 is 1. The van der Waals surface area contributed by atoms with Crippen LogP contribution >= 0.6 is 11.8 Å². The Hall–Kier alpha value is -3.58. The Morgan fingerprint density at radius 2 is 1.68 bits per heavy atom. The molecule has 4 rings (SSSR count). The van der Waals surface area contributed by atoms with Crippen molar-refractivity contribution < 1.29 is 9.53 Å². The summed E-state index contributed by atoms with van der Waals surface area (Å²) in [6.45, 7) is 6.74. The number of benzene rings is 3. The van der Waals surface area contributed by atoms with Gasteiger partial charge in [0.1, 0.15) is 11.0 Å². The van der Waals surface area contributed by atoms with Gasteiger partial charge < -0.3 is 14.6 Å². The summed E-state index contributed by atoms with van der Waals surface area (Å²) >= 11 is 1.39. The number of aromatic nitrogens is 3. The van der Waals surface area contributed by atoms with Crippen LogP contribution in [-0.2, 0) is 11.3 Å². The number of ether oxygens (including phenoxy) is 1. The maximum absolute atomic E-state index is 13.5. The third-order valence-electron chi connectivity index (χ3n) is 5.43. The van der Waals surface area contributed by atoms with Crippen LogP contribution in [0, 0.1) is 13.8 Å². The predicted molar refractivity (Wildman–Crippen MR) is 137 cm³/mol. The van der Waals surface area contributed by atoms with Gasteiger partial charge in [0.05, 0.1) is 12.7 Å². The molecule has 174 valence electrons. The van der Waals surface area contributed by atoms with Crippen LogP contribution in [0.5, 0.6) is 5.75 Å². The minimum Gasteiger partial charge on any atom is -0.496 e. The molecule has 0 spiro atoms. The molecule has 0 aliphatic heterocycles. The first-order valence-electron chi connectivity index (χ1n) is 11.2. The molecule has 0 bridgehead atoms. The number of carbonyl (C=O) groups excluding carboxylic acids is 1. The molecule has 34 heavy (non-hydrogen) atoms. The lowest BCUT2D eigenvalue weighted by molar-refractivity contribution is -0.115. The van der Waals surface area contributed by atoms with Gasteiger partial charge in [0.15, 0.2) is 11.0 Å². The smallest absolute Gasteiger partial charge is 0.242 e. The van der Waals surface area contributed by atoms with Gasteiger partial charge in [-0.1, -0.05) is 60.3 Å². The van der Waals surface area contributed by atoms with E-state index in [1.54, 1.807) is 7.11 Å². The van der Waals surface area contributed by atoms with Crippen LogP contribution in [0.1, 0.15) is 28.9 Å². The fourth-order valence-corrected chi connectivity index (χ4v) is 5.05. The van der Waals surface area contributed by atoms with Crippen LogP contribution in [0.2, 0.25) is 0 Å². The number of thioether (sulfide) groups is 1. The second kappa shape index (κ2) is 10.6. The summed E-state index contributed by atoms with van der Waals surface area (Å²) in [6, 6.07) is 23.5. The molecule has 0 fully saturated rings. The van der Waals surface area contributed by atoms with E-state index in [1.165, 1.54) is 11.8 Å². The second-order valence-electron chi connectivity index (χ2n) is 8.02. The van der Waals surface area contributed by atoms with Crippen molar-refractivity contribution in [2.45, 2.75) is 37.7 Å². The van der Waals surface area contributed by atoms with Crippen LogP contribution in [-0.4, -0.2) is 27.8 Å². The Balaban J connectivity index is 1.69. The van der Waals surface area contributed by atoms with E-state index < -0.39 is 5.25 Å². The van der Waals surface area contributed by atoms with Gasteiger partial charge in [-0.15, -0.1) is 10.2 Å². The summed E-state index contributed by atoms with van der Waals surface area (Å²) in [6.07, 6.45) is 0. The zero-order valence-electron chi connectivity index (χ0n) is 19.8. The van der Waals surface area contributed by atoms with Gasteiger partial charge >= 0.3 is 0 Å². The molecule has 0 radical (unpaired) electrons.